The van der Waals surface area contributed by atoms with Gasteiger partial charge in [-0.05, 0) is 40.0 Å². The Hall–Kier alpha value is -1.37. The third-order valence-electron chi connectivity index (χ3n) is 3.06. The predicted octanol–water partition coefficient (Wildman–Crippen LogP) is 3.76. The molecule has 1 aliphatic rings. The molecular weight excluding hydrogens is 339 g/mol. The maximum Gasteiger partial charge on any atom is 0.416 e. The highest BCUT2D eigenvalue weighted by molar-refractivity contribution is 9.10. The number of nitrogens with zero attached hydrogens (tertiary/aromatic N) is 1. The van der Waals surface area contributed by atoms with Crippen molar-refractivity contribution in [2.24, 2.45) is 5.92 Å². The summed E-state index contributed by atoms with van der Waals surface area (Å²) in [7, 11) is 0. The van der Waals surface area contributed by atoms with Crippen molar-refractivity contribution in [1.29, 1.82) is 0 Å². The fourth-order valence-corrected chi connectivity index (χ4v) is 2.54. The van der Waals surface area contributed by atoms with Gasteiger partial charge in [-0.3, -0.25) is 9.59 Å². The molecule has 0 atom stereocenters. The van der Waals surface area contributed by atoms with Crippen LogP contribution in [0.2, 0.25) is 0 Å². The molecule has 0 radical (unpaired) electrons. The molecule has 0 saturated carbocycles. The van der Waals surface area contributed by atoms with Crippen LogP contribution in [-0.2, 0) is 15.8 Å². The molecule has 1 aliphatic heterocycles. The van der Waals surface area contributed by atoms with E-state index in [9.17, 15) is 22.8 Å². The summed E-state index contributed by atoms with van der Waals surface area (Å²) < 4.78 is 38.4. The first-order chi connectivity index (χ1) is 9.20. The average molecular weight is 350 g/mol. The van der Waals surface area contributed by atoms with Gasteiger partial charge in [-0.25, -0.2) is 4.90 Å². The van der Waals surface area contributed by atoms with Gasteiger partial charge in [0.1, 0.15) is 0 Å². The van der Waals surface area contributed by atoms with Crippen LogP contribution < -0.4 is 4.90 Å². The Bertz CT molecular complexity index is 553. The number of halogens is 4. The molecule has 1 fully saturated rings. The monoisotopic (exact) mass is 349 g/mol. The fraction of sp³-hybridized carbons (Fsp3) is 0.385. The maximum absolute atomic E-state index is 12.7. The number of rotatable bonds is 1. The van der Waals surface area contributed by atoms with Crippen molar-refractivity contribution in [2.45, 2.75) is 25.9 Å². The summed E-state index contributed by atoms with van der Waals surface area (Å²) in [5.74, 6) is -1.04. The summed E-state index contributed by atoms with van der Waals surface area (Å²) in [4.78, 5) is 24.7. The Balaban J connectivity index is 2.46. The highest BCUT2D eigenvalue weighted by atomic mass is 79.9. The Morgan fingerprint density at radius 3 is 2.25 bits per heavy atom. The molecule has 3 nitrogen and oxygen atoms in total. The lowest BCUT2D eigenvalue weighted by atomic mass is 9.97. The van der Waals surface area contributed by atoms with Crippen LogP contribution in [0, 0.1) is 5.92 Å². The van der Waals surface area contributed by atoms with E-state index in [4.69, 9.17) is 0 Å². The lowest BCUT2D eigenvalue weighted by molar-refractivity contribution is -0.138. The van der Waals surface area contributed by atoms with Crippen LogP contribution in [-0.4, -0.2) is 11.8 Å². The smallest absolute Gasteiger partial charge is 0.274 e. The van der Waals surface area contributed by atoms with Crippen LogP contribution in [0.1, 0.15) is 25.3 Å². The summed E-state index contributed by atoms with van der Waals surface area (Å²) in [5.41, 5.74) is -0.948. The molecule has 0 N–H and O–H groups in total. The highest BCUT2D eigenvalue weighted by Gasteiger charge is 2.35. The molecule has 108 valence electrons. The molecule has 7 heteroatoms. The van der Waals surface area contributed by atoms with E-state index >= 15 is 0 Å². The minimum absolute atomic E-state index is 0.0540. The van der Waals surface area contributed by atoms with Crippen LogP contribution in [0.5, 0.6) is 0 Å². The standard InChI is InChI=1S/C13H11BrF3NO2/c1-7-4-11(19)18(12(20)5-7)10-6-8(13(15,16)17)2-3-9(10)14/h2-3,6-7H,4-5H2,1H3. The van der Waals surface area contributed by atoms with E-state index in [1.807, 2.05) is 0 Å². The summed E-state index contributed by atoms with van der Waals surface area (Å²) in [6.07, 6.45) is -4.23. The second-order valence-corrected chi connectivity index (χ2v) is 5.65. The molecule has 0 aromatic heterocycles. The third-order valence-corrected chi connectivity index (χ3v) is 3.73. The molecular formula is C13H11BrF3NO2. The molecule has 2 rings (SSSR count). The molecule has 1 aromatic rings. The molecule has 1 saturated heterocycles. The fourth-order valence-electron chi connectivity index (χ4n) is 2.12. The van der Waals surface area contributed by atoms with Gasteiger partial charge in [0.15, 0.2) is 0 Å². The summed E-state index contributed by atoms with van der Waals surface area (Å²) in [5, 5.41) is 0. The molecule has 0 bridgehead atoms. The van der Waals surface area contributed by atoms with Gasteiger partial charge in [-0.2, -0.15) is 13.2 Å². The van der Waals surface area contributed by atoms with Gasteiger partial charge >= 0.3 is 6.18 Å². The number of carbonyl (C=O) groups excluding carboxylic acids is 2. The van der Waals surface area contributed by atoms with Crippen LogP contribution in [0.15, 0.2) is 22.7 Å². The minimum atomic E-state index is -4.52. The molecule has 0 spiro atoms. The molecule has 1 heterocycles. The van der Waals surface area contributed by atoms with Gasteiger partial charge < -0.3 is 0 Å². The van der Waals surface area contributed by atoms with Crippen molar-refractivity contribution < 1.29 is 22.8 Å². The minimum Gasteiger partial charge on any atom is -0.274 e. The zero-order valence-electron chi connectivity index (χ0n) is 10.5. The molecule has 2 amide bonds. The second kappa shape index (κ2) is 5.20. The lowest BCUT2D eigenvalue weighted by Gasteiger charge is -2.29. The van der Waals surface area contributed by atoms with Gasteiger partial charge in [0.25, 0.3) is 0 Å². The normalized spacial score (nSPS) is 17.8. The number of carbonyl (C=O) groups is 2. The summed E-state index contributed by atoms with van der Waals surface area (Å²) >= 11 is 3.09. The van der Waals surface area contributed by atoms with Gasteiger partial charge in [-0.15, -0.1) is 0 Å². The first kappa shape index (κ1) is 15.0. The first-order valence-corrected chi connectivity index (χ1v) is 6.72. The van der Waals surface area contributed by atoms with E-state index in [0.717, 1.165) is 17.0 Å². The van der Waals surface area contributed by atoms with Crippen LogP contribution in [0.25, 0.3) is 0 Å². The number of hydrogen-bond acceptors (Lipinski definition) is 2. The zero-order chi connectivity index (χ0) is 15.1. The topological polar surface area (TPSA) is 37.4 Å². The van der Waals surface area contributed by atoms with E-state index in [0.29, 0.717) is 0 Å². The number of imide groups is 1. The highest BCUT2D eigenvalue weighted by Crippen LogP contribution is 2.37. The Morgan fingerprint density at radius 1 is 1.20 bits per heavy atom. The van der Waals surface area contributed by atoms with Gasteiger partial charge in [0, 0.05) is 17.3 Å². The number of alkyl halides is 3. The van der Waals surface area contributed by atoms with E-state index in [2.05, 4.69) is 15.9 Å². The van der Waals surface area contributed by atoms with Gasteiger partial charge in [0.05, 0.1) is 11.3 Å². The maximum atomic E-state index is 12.7. The van der Waals surface area contributed by atoms with E-state index in [1.54, 1.807) is 6.92 Å². The summed E-state index contributed by atoms with van der Waals surface area (Å²) in [6.45, 7) is 1.76. The predicted molar refractivity (Wildman–Crippen MR) is 70.0 cm³/mol. The van der Waals surface area contributed by atoms with Crippen molar-refractivity contribution in [3.05, 3.63) is 28.2 Å². The van der Waals surface area contributed by atoms with Crippen molar-refractivity contribution >= 4 is 33.4 Å². The zero-order valence-corrected chi connectivity index (χ0v) is 12.1. The molecule has 0 unspecified atom stereocenters. The average Bonchev–Trinajstić information content (AvgIpc) is 2.28. The van der Waals surface area contributed by atoms with E-state index in [-0.39, 0.29) is 28.9 Å². The quantitative estimate of drug-likeness (QED) is 0.724. The number of hydrogen-bond donors (Lipinski definition) is 0. The van der Waals surface area contributed by atoms with Crippen molar-refractivity contribution in [2.75, 3.05) is 4.90 Å². The Labute approximate surface area is 121 Å². The van der Waals surface area contributed by atoms with Crippen molar-refractivity contribution in [1.82, 2.24) is 0 Å². The number of piperidine rings is 1. The lowest BCUT2D eigenvalue weighted by Crippen LogP contribution is -2.43. The molecule has 20 heavy (non-hydrogen) atoms. The van der Waals surface area contributed by atoms with E-state index in [1.165, 1.54) is 6.07 Å². The number of amides is 2. The largest absolute Gasteiger partial charge is 0.416 e. The van der Waals surface area contributed by atoms with Crippen LogP contribution >= 0.6 is 15.9 Å². The Morgan fingerprint density at radius 2 is 1.75 bits per heavy atom. The van der Waals surface area contributed by atoms with Crippen LogP contribution in [0.3, 0.4) is 0 Å². The van der Waals surface area contributed by atoms with Crippen LogP contribution in [0.4, 0.5) is 18.9 Å². The van der Waals surface area contributed by atoms with Crippen molar-refractivity contribution in [3.8, 4) is 0 Å². The van der Waals surface area contributed by atoms with Gasteiger partial charge in [0.2, 0.25) is 11.8 Å². The SMILES string of the molecule is CC1CC(=O)N(c2cc(C(F)(F)F)ccc2Br)C(=O)C1. The molecule has 0 aliphatic carbocycles. The Kier molecular flexibility index (Phi) is 3.90. The number of benzene rings is 1. The third kappa shape index (κ3) is 2.87. The number of anilines is 1. The van der Waals surface area contributed by atoms with Gasteiger partial charge in [-0.1, -0.05) is 6.92 Å². The molecule has 1 aromatic carbocycles. The van der Waals surface area contributed by atoms with E-state index < -0.39 is 23.6 Å². The first-order valence-electron chi connectivity index (χ1n) is 5.92. The van der Waals surface area contributed by atoms with Crippen molar-refractivity contribution in [3.63, 3.8) is 0 Å². The summed E-state index contributed by atoms with van der Waals surface area (Å²) in [6, 6.07) is 2.90. The second-order valence-electron chi connectivity index (χ2n) is 4.80.